The number of rotatable bonds is 5. The van der Waals surface area contributed by atoms with Gasteiger partial charge in [-0.25, -0.2) is 0 Å². The fourth-order valence-electron chi connectivity index (χ4n) is 3.16. The Morgan fingerprint density at radius 3 is 2.36 bits per heavy atom. The van der Waals surface area contributed by atoms with Crippen molar-refractivity contribution in [3.05, 3.63) is 53.7 Å². The minimum absolute atomic E-state index is 0.00194. The van der Waals surface area contributed by atoms with Crippen molar-refractivity contribution in [3.8, 4) is 0 Å². The van der Waals surface area contributed by atoms with Gasteiger partial charge in [0.2, 0.25) is 0 Å². The topological polar surface area (TPSA) is 49.3 Å². The molecule has 25 heavy (non-hydrogen) atoms. The van der Waals surface area contributed by atoms with E-state index in [1.54, 1.807) is 6.07 Å². The van der Waals surface area contributed by atoms with Crippen LogP contribution in [0.2, 0.25) is 0 Å². The van der Waals surface area contributed by atoms with E-state index in [2.05, 4.69) is 41.1 Å². The van der Waals surface area contributed by atoms with Crippen molar-refractivity contribution < 1.29 is 4.79 Å². The first-order valence-corrected chi connectivity index (χ1v) is 9.09. The van der Waals surface area contributed by atoms with Gasteiger partial charge in [0.15, 0.2) is 11.5 Å². The third-order valence-corrected chi connectivity index (χ3v) is 4.63. The van der Waals surface area contributed by atoms with Crippen LogP contribution >= 0.6 is 0 Å². The molecular formula is C20H26N4O. The van der Waals surface area contributed by atoms with E-state index < -0.39 is 0 Å². The van der Waals surface area contributed by atoms with Gasteiger partial charge in [-0.3, -0.25) is 4.79 Å². The quantitative estimate of drug-likeness (QED) is 0.837. The number of benzene rings is 1. The number of hydrogen-bond acceptors (Lipinski definition) is 4. The van der Waals surface area contributed by atoms with Gasteiger partial charge in [-0.1, -0.05) is 30.3 Å². The van der Waals surface area contributed by atoms with Crippen molar-refractivity contribution in [2.75, 3.05) is 18.0 Å². The summed E-state index contributed by atoms with van der Waals surface area (Å²) in [5.41, 5.74) is 1.67. The Morgan fingerprint density at radius 1 is 1.04 bits per heavy atom. The van der Waals surface area contributed by atoms with Crippen molar-refractivity contribution in [1.29, 1.82) is 0 Å². The maximum atomic E-state index is 12.5. The number of piperidine rings is 1. The van der Waals surface area contributed by atoms with E-state index in [1.165, 1.54) is 12.0 Å². The zero-order valence-electron chi connectivity index (χ0n) is 15.1. The lowest BCUT2D eigenvalue weighted by atomic mass is 10.1. The number of nitrogens with zero attached hydrogens (tertiary/aromatic N) is 4. The Morgan fingerprint density at radius 2 is 1.76 bits per heavy atom. The van der Waals surface area contributed by atoms with E-state index in [0.29, 0.717) is 5.69 Å². The molecule has 0 N–H and O–H groups in total. The Hall–Kier alpha value is -2.43. The van der Waals surface area contributed by atoms with Gasteiger partial charge in [0.25, 0.3) is 5.91 Å². The molecule has 0 radical (unpaired) electrons. The molecule has 0 aliphatic carbocycles. The van der Waals surface area contributed by atoms with Gasteiger partial charge in [0.05, 0.1) is 0 Å². The van der Waals surface area contributed by atoms with Gasteiger partial charge >= 0.3 is 0 Å². The van der Waals surface area contributed by atoms with E-state index in [0.717, 1.165) is 38.3 Å². The Kier molecular flexibility index (Phi) is 5.64. The summed E-state index contributed by atoms with van der Waals surface area (Å²) in [5.74, 6) is 0.798. The van der Waals surface area contributed by atoms with Crippen LogP contribution in [0.4, 0.5) is 5.82 Å². The van der Waals surface area contributed by atoms with Crippen molar-refractivity contribution in [1.82, 2.24) is 15.1 Å². The fraction of sp³-hybridized carbons (Fsp3) is 0.450. The molecular weight excluding hydrogens is 312 g/mol. The fourth-order valence-corrected chi connectivity index (χ4v) is 3.16. The number of amides is 1. The standard InChI is InChI=1S/C20H26N4O/c1-16(2)24(15-17-9-5-3-6-10-17)19-12-11-18(21-22-19)20(25)23-13-7-4-8-14-23/h3,5-6,9-12,16H,4,7-8,13-15H2,1-2H3. The second-order valence-electron chi connectivity index (χ2n) is 6.84. The molecule has 3 rings (SSSR count). The third kappa shape index (κ3) is 4.35. The summed E-state index contributed by atoms with van der Waals surface area (Å²) in [5, 5.41) is 8.56. The van der Waals surface area contributed by atoms with Crippen LogP contribution in [0.3, 0.4) is 0 Å². The number of carbonyl (C=O) groups is 1. The lowest BCUT2D eigenvalue weighted by Gasteiger charge is -2.28. The molecule has 1 aromatic carbocycles. The van der Waals surface area contributed by atoms with E-state index in [1.807, 2.05) is 29.2 Å². The van der Waals surface area contributed by atoms with Gasteiger partial charge in [0, 0.05) is 25.7 Å². The molecule has 0 atom stereocenters. The molecule has 1 fully saturated rings. The maximum absolute atomic E-state index is 12.5. The monoisotopic (exact) mass is 338 g/mol. The van der Waals surface area contributed by atoms with Crippen LogP contribution in [-0.2, 0) is 6.54 Å². The first-order valence-electron chi connectivity index (χ1n) is 9.09. The average molecular weight is 338 g/mol. The SMILES string of the molecule is CC(C)N(Cc1ccccc1)c1ccc(C(=O)N2CCCCC2)nn1. The minimum Gasteiger partial charge on any atom is -0.348 e. The van der Waals surface area contributed by atoms with Crippen LogP contribution in [0, 0.1) is 0 Å². The highest BCUT2D eigenvalue weighted by molar-refractivity contribution is 5.92. The molecule has 132 valence electrons. The predicted octanol–water partition coefficient (Wildman–Crippen LogP) is 3.52. The highest BCUT2D eigenvalue weighted by Gasteiger charge is 2.20. The van der Waals surface area contributed by atoms with E-state index in [9.17, 15) is 4.79 Å². The molecule has 2 heterocycles. The Bertz CT molecular complexity index is 679. The molecule has 0 spiro atoms. The van der Waals surface area contributed by atoms with Gasteiger partial charge in [0.1, 0.15) is 0 Å². The van der Waals surface area contributed by atoms with E-state index >= 15 is 0 Å². The number of hydrogen-bond donors (Lipinski definition) is 0. The van der Waals surface area contributed by atoms with Crippen LogP contribution in [0.15, 0.2) is 42.5 Å². The zero-order valence-corrected chi connectivity index (χ0v) is 15.1. The molecule has 0 saturated carbocycles. The number of aromatic nitrogens is 2. The molecule has 2 aromatic rings. The second-order valence-corrected chi connectivity index (χ2v) is 6.84. The number of carbonyl (C=O) groups excluding carboxylic acids is 1. The van der Waals surface area contributed by atoms with Crippen molar-refractivity contribution in [2.24, 2.45) is 0 Å². The molecule has 1 aliphatic rings. The molecule has 5 heteroatoms. The van der Waals surface area contributed by atoms with Crippen LogP contribution in [0.5, 0.6) is 0 Å². The van der Waals surface area contributed by atoms with E-state index in [-0.39, 0.29) is 11.9 Å². The van der Waals surface area contributed by atoms with Crippen molar-refractivity contribution >= 4 is 11.7 Å². The first kappa shape index (κ1) is 17.4. The van der Waals surface area contributed by atoms with Crippen LogP contribution < -0.4 is 4.90 Å². The summed E-state index contributed by atoms with van der Waals surface area (Å²) in [4.78, 5) is 16.6. The minimum atomic E-state index is -0.00194. The normalized spacial score (nSPS) is 14.6. The summed E-state index contributed by atoms with van der Waals surface area (Å²) < 4.78 is 0. The molecule has 0 unspecified atom stereocenters. The van der Waals surface area contributed by atoms with Crippen molar-refractivity contribution in [2.45, 2.75) is 45.7 Å². The summed E-state index contributed by atoms with van der Waals surface area (Å²) in [7, 11) is 0. The molecule has 0 bridgehead atoms. The largest absolute Gasteiger partial charge is 0.348 e. The Balaban J connectivity index is 1.73. The molecule has 5 nitrogen and oxygen atoms in total. The predicted molar refractivity (Wildman–Crippen MR) is 99.5 cm³/mol. The lowest BCUT2D eigenvalue weighted by Crippen LogP contribution is -2.36. The van der Waals surface area contributed by atoms with Crippen LogP contribution in [0.1, 0.15) is 49.2 Å². The van der Waals surface area contributed by atoms with E-state index in [4.69, 9.17) is 0 Å². The summed E-state index contributed by atoms with van der Waals surface area (Å²) in [6.07, 6.45) is 3.36. The van der Waals surface area contributed by atoms with Crippen LogP contribution in [0.25, 0.3) is 0 Å². The molecule has 1 aliphatic heterocycles. The summed E-state index contributed by atoms with van der Waals surface area (Å²) in [6.45, 7) is 6.70. The van der Waals surface area contributed by atoms with Crippen LogP contribution in [-0.4, -0.2) is 40.1 Å². The van der Waals surface area contributed by atoms with Gasteiger partial charge in [-0.15, -0.1) is 10.2 Å². The molecule has 1 amide bonds. The van der Waals surface area contributed by atoms with Gasteiger partial charge in [-0.05, 0) is 50.8 Å². The van der Waals surface area contributed by atoms with Gasteiger partial charge in [-0.2, -0.15) is 0 Å². The maximum Gasteiger partial charge on any atom is 0.274 e. The highest BCUT2D eigenvalue weighted by atomic mass is 16.2. The smallest absolute Gasteiger partial charge is 0.274 e. The third-order valence-electron chi connectivity index (χ3n) is 4.63. The number of anilines is 1. The summed E-state index contributed by atoms with van der Waals surface area (Å²) in [6, 6.07) is 14.3. The Labute approximate surface area is 149 Å². The summed E-state index contributed by atoms with van der Waals surface area (Å²) >= 11 is 0. The first-order chi connectivity index (χ1) is 12.1. The second kappa shape index (κ2) is 8.10. The lowest BCUT2D eigenvalue weighted by molar-refractivity contribution is 0.0717. The molecule has 1 aromatic heterocycles. The zero-order chi connectivity index (χ0) is 17.6. The number of likely N-dealkylation sites (tertiary alicyclic amines) is 1. The average Bonchev–Trinajstić information content (AvgIpc) is 2.67. The van der Waals surface area contributed by atoms with Gasteiger partial charge < -0.3 is 9.80 Å². The van der Waals surface area contributed by atoms with Crippen molar-refractivity contribution in [3.63, 3.8) is 0 Å². The highest BCUT2D eigenvalue weighted by Crippen LogP contribution is 2.18. The molecule has 1 saturated heterocycles.